The van der Waals surface area contributed by atoms with Crippen LogP contribution in [-0.2, 0) is 17.8 Å². The number of carbonyl (C=O) groups excluding carboxylic acids is 2. The molecule has 3 amide bonds. The fourth-order valence-corrected chi connectivity index (χ4v) is 3.17. The van der Waals surface area contributed by atoms with Crippen molar-refractivity contribution in [2.45, 2.75) is 19.0 Å². The van der Waals surface area contributed by atoms with Crippen molar-refractivity contribution >= 4 is 17.6 Å². The van der Waals surface area contributed by atoms with Crippen LogP contribution in [0.25, 0.3) is 0 Å². The lowest BCUT2D eigenvalue weighted by Crippen LogP contribution is -2.39. The summed E-state index contributed by atoms with van der Waals surface area (Å²) in [6, 6.07) is 12.5. The predicted molar refractivity (Wildman–Crippen MR) is 78.8 cm³/mol. The maximum Gasteiger partial charge on any atom is 0.332 e. The zero-order chi connectivity index (χ0) is 15.3. The van der Waals surface area contributed by atoms with Gasteiger partial charge in [0.2, 0.25) is 0 Å². The molecule has 0 bridgehead atoms. The number of fused-ring (bicyclic) bond motifs is 2. The third-order valence-corrected chi connectivity index (χ3v) is 4.26. The van der Waals surface area contributed by atoms with Crippen molar-refractivity contribution in [1.29, 1.82) is 0 Å². The number of rotatable bonds is 1. The largest absolute Gasteiger partial charge is 0.332 e. The molecule has 22 heavy (non-hydrogen) atoms. The highest BCUT2D eigenvalue weighted by molar-refractivity contribution is 6.21. The first kappa shape index (κ1) is 13.0. The molecular weight excluding hydrogens is 283 g/mol. The number of hydrogen-bond acceptors (Lipinski definition) is 2. The van der Waals surface area contributed by atoms with Crippen molar-refractivity contribution in [2.75, 3.05) is 4.90 Å². The third kappa shape index (κ3) is 1.82. The van der Waals surface area contributed by atoms with E-state index in [1.165, 1.54) is 18.2 Å². The van der Waals surface area contributed by atoms with E-state index in [1.807, 2.05) is 24.3 Å². The number of benzene rings is 2. The molecule has 0 radical (unpaired) electrons. The van der Waals surface area contributed by atoms with Gasteiger partial charge in [-0.15, -0.1) is 0 Å². The molecule has 4 nitrogen and oxygen atoms in total. The van der Waals surface area contributed by atoms with Crippen LogP contribution in [0.5, 0.6) is 0 Å². The molecule has 0 saturated carbocycles. The normalized spacial score (nSPS) is 20.1. The number of carbonyl (C=O) groups is 2. The molecule has 1 saturated heterocycles. The number of amides is 3. The highest BCUT2D eigenvalue weighted by atomic mass is 19.1. The van der Waals surface area contributed by atoms with E-state index in [9.17, 15) is 14.0 Å². The Bertz CT molecular complexity index is 747. The van der Waals surface area contributed by atoms with E-state index in [0.717, 1.165) is 16.0 Å². The minimum atomic E-state index is -0.495. The average Bonchev–Trinajstić information content (AvgIpc) is 2.76. The molecule has 2 aromatic rings. The summed E-state index contributed by atoms with van der Waals surface area (Å²) >= 11 is 0. The Kier molecular flexibility index (Phi) is 2.76. The molecule has 0 spiro atoms. The Morgan fingerprint density at radius 2 is 1.77 bits per heavy atom. The van der Waals surface area contributed by atoms with Crippen molar-refractivity contribution in [3.8, 4) is 0 Å². The third-order valence-electron chi connectivity index (χ3n) is 4.26. The highest BCUT2D eigenvalue weighted by Gasteiger charge is 2.47. The average molecular weight is 296 g/mol. The minimum Gasteiger partial charge on any atom is -0.307 e. The standard InChI is InChI=1S/C17H13FN2O2/c18-13-6-3-7-14(9-13)20-16(21)15-8-11-4-1-2-5-12(11)10-19(15)17(20)22/h1-7,9,15H,8,10H2/t15-/m1/s1. The van der Waals surface area contributed by atoms with Gasteiger partial charge in [-0.25, -0.2) is 14.1 Å². The summed E-state index contributed by atoms with van der Waals surface area (Å²) in [5.74, 6) is -0.753. The van der Waals surface area contributed by atoms with Crippen LogP contribution in [0.1, 0.15) is 11.1 Å². The van der Waals surface area contributed by atoms with E-state index in [0.29, 0.717) is 13.0 Å². The molecule has 0 aromatic heterocycles. The lowest BCUT2D eigenvalue weighted by molar-refractivity contribution is -0.119. The smallest absolute Gasteiger partial charge is 0.307 e. The molecule has 1 fully saturated rings. The van der Waals surface area contributed by atoms with E-state index in [1.54, 1.807) is 11.0 Å². The van der Waals surface area contributed by atoms with Gasteiger partial charge in [-0.2, -0.15) is 0 Å². The van der Waals surface area contributed by atoms with Crippen LogP contribution >= 0.6 is 0 Å². The first-order valence-corrected chi connectivity index (χ1v) is 7.12. The number of anilines is 1. The quantitative estimate of drug-likeness (QED) is 0.759. The van der Waals surface area contributed by atoms with Gasteiger partial charge < -0.3 is 4.90 Å². The molecule has 0 N–H and O–H groups in total. The fraction of sp³-hybridized carbons (Fsp3) is 0.176. The minimum absolute atomic E-state index is 0.286. The van der Waals surface area contributed by atoms with Crippen molar-refractivity contribution in [3.05, 3.63) is 65.5 Å². The highest BCUT2D eigenvalue weighted by Crippen LogP contribution is 2.32. The molecular formula is C17H13FN2O2. The second-order valence-corrected chi connectivity index (χ2v) is 5.55. The van der Waals surface area contributed by atoms with Crippen molar-refractivity contribution < 1.29 is 14.0 Å². The summed E-state index contributed by atoms with van der Waals surface area (Å²) in [4.78, 5) is 27.8. The number of imide groups is 1. The summed E-state index contributed by atoms with van der Waals surface area (Å²) in [6.45, 7) is 0.414. The lowest BCUT2D eigenvalue weighted by atomic mass is 9.95. The van der Waals surface area contributed by atoms with Crippen LogP contribution in [0.2, 0.25) is 0 Å². The Labute approximate surface area is 126 Å². The van der Waals surface area contributed by atoms with Crippen molar-refractivity contribution in [2.24, 2.45) is 0 Å². The van der Waals surface area contributed by atoms with Crippen LogP contribution < -0.4 is 4.90 Å². The molecule has 5 heteroatoms. The summed E-state index contributed by atoms with van der Waals surface area (Å²) in [5.41, 5.74) is 2.43. The maximum atomic E-state index is 13.4. The van der Waals surface area contributed by atoms with Gasteiger partial charge in [0.15, 0.2) is 0 Å². The van der Waals surface area contributed by atoms with E-state index >= 15 is 0 Å². The summed E-state index contributed by atoms with van der Waals surface area (Å²) in [7, 11) is 0. The van der Waals surface area contributed by atoms with Gasteiger partial charge in [0.25, 0.3) is 5.91 Å². The molecule has 1 atom stereocenters. The van der Waals surface area contributed by atoms with Gasteiger partial charge >= 0.3 is 6.03 Å². The Hall–Kier alpha value is -2.69. The molecule has 0 unspecified atom stereocenters. The maximum absolute atomic E-state index is 13.4. The zero-order valence-corrected chi connectivity index (χ0v) is 11.7. The first-order valence-electron chi connectivity index (χ1n) is 7.12. The van der Waals surface area contributed by atoms with E-state index < -0.39 is 11.9 Å². The molecule has 4 rings (SSSR count). The van der Waals surface area contributed by atoms with Gasteiger partial charge in [0, 0.05) is 13.0 Å². The van der Waals surface area contributed by atoms with Gasteiger partial charge in [0.1, 0.15) is 11.9 Å². The van der Waals surface area contributed by atoms with Crippen LogP contribution in [-0.4, -0.2) is 22.9 Å². The Balaban J connectivity index is 1.73. The van der Waals surface area contributed by atoms with Gasteiger partial charge in [-0.3, -0.25) is 4.79 Å². The number of hydrogen-bond donors (Lipinski definition) is 0. The molecule has 0 aliphatic carbocycles. The monoisotopic (exact) mass is 296 g/mol. The molecule has 2 aromatic carbocycles. The van der Waals surface area contributed by atoms with Crippen LogP contribution in [0.15, 0.2) is 48.5 Å². The summed E-state index contributed by atoms with van der Waals surface area (Å²) in [5, 5.41) is 0. The molecule has 2 aliphatic rings. The van der Waals surface area contributed by atoms with Gasteiger partial charge in [-0.05, 0) is 29.3 Å². The van der Waals surface area contributed by atoms with Crippen LogP contribution in [0.4, 0.5) is 14.9 Å². The van der Waals surface area contributed by atoms with Crippen LogP contribution in [0, 0.1) is 5.82 Å². The molecule has 2 heterocycles. The Morgan fingerprint density at radius 3 is 2.55 bits per heavy atom. The molecule has 2 aliphatic heterocycles. The number of urea groups is 1. The second-order valence-electron chi connectivity index (χ2n) is 5.55. The van der Waals surface area contributed by atoms with Crippen LogP contribution in [0.3, 0.4) is 0 Å². The summed E-state index contributed by atoms with van der Waals surface area (Å²) in [6.07, 6.45) is 0.507. The fourth-order valence-electron chi connectivity index (χ4n) is 3.17. The van der Waals surface area contributed by atoms with Gasteiger partial charge in [0.05, 0.1) is 5.69 Å². The Morgan fingerprint density at radius 1 is 1.00 bits per heavy atom. The first-order chi connectivity index (χ1) is 10.6. The van der Waals surface area contributed by atoms with E-state index in [2.05, 4.69) is 0 Å². The topological polar surface area (TPSA) is 40.6 Å². The van der Waals surface area contributed by atoms with Crippen molar-refractivity contribution in [1.82, 2.24) is 4.90 Å². The number of nitrogens with zero attached hydrogens (tertiary/aromatic N) is 2. The summed E-state index contributed by atoms with van der Waals surface area (Å²) < 4.78 is 13.4. The second kappa shape index (κ2) is 4.66. The lowest BCUT2D eigenvalue weighted by Gasteiger charge is -2.28. The predicted octanol–water partition coefficient (Wildman–Crippen LogP) is 2.72. The molecule has 110 valence electrons. The van der Waals surface area contributed by atoms with Gasteiger partial charge in [-0.1, -0.05) is 30.3 Å². The van der Waals surface area contributed by atoms with E-state index in [4.69, 9.17) is 0 Å². The van der Waals surface area contributed by atoms with E-state index in [-0.39, 0.29) is 17.6 Å². The van der Waals surface area contributed by atoms with Crippen molar-refractivity contribution in [3.63, 3.8) is 0 Å². The SMILES string of the molecule is O=C1[C@H]2Cc3ccccc3CN2C(=O)N1c1cccc(F)c1. The zero-order valence-electron chi connectivity index (χ0n) is 11.7. The number of halogens is 1.